The molecule has 0 aliphatic heterocycles. The minimum Gasteiger partial charge on any atom is -0.477 e. The molecule has 0 saturated heterocycles. The Kier molecular flexibility index (Phi) is 3.11. The second-order valence-electron chi connectivity index (χ2n) is 3.72. The number of benzene rings is 1. The van der Waals surface area contributed by atoms with Crippen molar-refractivity contribution in [3.8, 4) is 11.1 Å². The number of aryl methyl sites for hydroxylation is 1. The molecule has 0 aliphatic carbocycles. The summed E-state index contributed by atoms with van der Waals surface area (Å²) < 4.78 is 0. The van der Waals surface area contributed by atoms with Gasteiger partial charge in [0.1, 0.15) is 5.69 Å². The van der Waals surface area contributed by atoms with Crippen LogP contribution < -0.4 is 0 Å². The molecule has 0 amide bonds. The maximum atomic E-state index is 10.7. The van der Waals surface area contributed by atoms with Crippen molar-refractivity contribution in [1.29, 1.82) is 0 Å². The van der Waals surface area contributed by atoms with E-state index < -0.39 is 5.97 Å². The van der Waals surface area contributed by atoms with Crippen molar-refractivity contribution in [3.63, 3.8) is 0 Å². The van der Waals surface area contributed by atoms with Gasteiger partial charge in [0.15, 0.2) is 0 Å². The van der Waals surface area contributed by atoms with E-state index in [4.69, 9.17) is 16.7 Å². The van der Waals surface area contributed by atoms with Crippen molar-refractivity contribution >= 4 is 17.6 Å². The third-order valence-corrected chi connectivity index (χ3v) is 2.73. The fourth-order valence-corrected chi connectivity index (χ4v) is 1.88. The van der Waals surface area contributed by atoms with Gasteiger partial charge in [-0.1, -0.05) is 29.8 Å². The first-order valence-electron chi connectivity index (χ1n) is 5.04. The van der Waals surface area contributed by atoms with Crippen molar-refractivity contribution < 1.29 is 9.90 Å². The molecule has 1 aromatic carbocycles. The summed E-state index contributed by atoms with van der Waals surface area (Å²) in [6.45, 7) is 1.96. The van der Waals surface area contributed by atoms with Crippen LogP contribution in [0.15, 0.2) is 36.5 Å². The monoisotopic (exact) mass is 247 g/mol. The molecule has 0 saturated carbocycles. The second-order valence-corrected chi connectivity index (χ2v) is 4.13. The van der Waals surface area contributed by atoms with Crippen LogP contribution in [0.25, 0.3) is 11.1 Å². The van der Waals surface area contributed by atoms with Gasteiger partial charge in [-0.25, -0.2) is 9.78 Å². The Morgan fingerprint density at radius 2 is 2.06 bits per heavy atom. The van der Waals surface area contributed by atoms with Crippen molar-refractivity contribution in [2.45, 2.75) is 6.92 Å². The molecule has 2 rings (SSSR count). The lowest BCUT2D eigenvalue weighted by Gasteiger charge is -2.05. The Hall–Kier alpha value is -1.87. The van der Waals surface area contributed by atoms with Gasteiger partial charge in [0, 0.05) is 22.3 Å². The zero-order chi connectivity index (χ0) is 12.4. The van der Waals surface area contributed by atoms with Crippen molar-refractivity contribution in [3.05, 3.63) is 52.8 Å². The summed E-state index contributed by atoms with van der Waals surface area (Å²) in [5, 5.41) is 9.38. The van der Waals surface area contributed by atoms with Crippen LogP contribution >= 0.6 is 11.6 Å². The van der Waals surface area contributed by atoms with Crippen LogP contribution in [0, 0.1) is 6.92 Å². The normalized spacial score (nSPS) is 10.2. The topological polar surface area (TPSA) is 50.2 Å². The van der Waals surface area contributed by atoms with Crippen LogP contribution in [0.4, 0.5) is 0 Å². The highest BCUT2D eigenvalue weighted by molar-refractivity contribution is 6.33. The number of pyridine rings is 1. The highest BCUT2D eigenvalue weighted by Crippen LogP contribution is 2.28. The smallest absolute Gasteiger partial charge is 0.354 e. The molecular weight excluding hydrogens is 238 g/mol. The molecule has 0 atom stereocenters. The lowest BCUT2D eigenvalue weighted by atomic mass is 10.1. The van der Waals surface area contributed by atoms with Crippen molar-refractivity contribution in [2.24, 2.45) is 0 Å². The Morgan fingerprint density at radius 1 is 1.29 bits per heavy atom. The standard InChI is InChI=1S/C13H10ClNO2/c1-8-2-4-10(11(14)6-8)9-3-5-12(13(16)17)15-7-9/h2-7H,1H3,(H,16,17). The van der Waals surface area contributed by atoms with Gasteiger partial charge in [0.25, 0.3) is 0 Å². The molecule has 0 spiro atoms. The highest BCUT2D eigenvalue weighted by atomic mass is 35.5. The molecule has 4 heteroatoms. The molecule has 0 unspecified atom stereocenters. The zero-order valence-corrected chi connectivity index (χ0v) is 9.90. The molecular formula is C13H10ClNO2. The van der Waals surface area contributed by atoms with E-state index >= 15 is 0 Å². The fraction of sp³-hybridized carbons (Fsp3) is 0.0769. The number of hydrogen-bond donors (Lipinski definition) is 1. The molecule has 2 aromatic rings. The van der Waals surface area contributed by atoms with E-state index in [-0.39, 0.29) is 5.69 Å². The quantitative estimate of drug-likeness (QED) is 0.885. The number of carboxylic acids is 1. The van der Waals surface area contributed by atoms with E-state index in [1.54, 1.807) is 6.07 Å². The van der Waals surface area contributed by atoms with Crippen molar-refractivity contribution in [2.75, 3.05) is 0 Å². The number of nitrogens with zero attached hydrogens (tertiary/aromatic N) is 1. The van der Waals surface area contributed by atoms with Gasteiger partial charge in [0.05, 0.1) is 0 Å². The van der Waals surface area contributed by atoms with Gasteiger partial charge in [-0.15, -0.1) is 0 Å². The summed E-state index contributed by atoms with van der Waals surface area (Å²) >= 11 is 6.12. The summed E-state index contributed by atoms with van der Waals surface area (Å²) in [7, 11) is 0. The molecule has 0 bridgehead atoms. The van der Waals surface area contributed by atoms with Crippen LogP contribution in [-0.4, -0.2) is 16.1 Å². The van der Waals surface area contributed by atoms with Gasteiger partial charge >= 0.3 is 5.97 Å². The molecule has 17 heavy (non-hydrogen) atoms. The lowest BCUT2D eigenvalue weighted by Crippen LogP contribution is -1.99. The SMILES string of the molecule is Cc1ccc(-c2ccc(C(=O)O)nc2)c(Cl)c1. The van der Waals surface area contributed by atoms with Crippen LogP contribution in [0.1, 0.15) is 16.1 Å². The number of carboxylic acid groups (broad SMARTS) is 1. The maximum Gasteiger partial charge on any atom is 0.354 e. The molecule has 1 aromatic heterocycles. The summed E-state index contributed by atoms with van der Waals surface area (Å²) in [5.74, 6) is -1.04. The highest BCUT2D eigenvalue weighted by Gasteiger charge is 2.07. The second kappa shape index (κ2) is 4.55. The third-order valence-electron chi connectivity index (χ3n) is 2.42. The molecule has 0 fully saturated rings. The van der Waals surface area contributed by atoms with Gasteiger partial charge < -0.3 is 5.11 Å². The Morgan fingerprint density at radius 3 is 2.59 bits per heavy atom. The van der Waals surface area contributed by atoms with Crippen LogP contribution in [0.5, 0.6) is 0 Å². The summed E-state index contributed by atoms with van der Waals surface area (Å²) in [6.07, 6.45) is 1.51. The summed E-state index contributed by atoms with van der Waals surface area (Å²) in [5.41, 5.74) is 2.76. The van der Waals surface area contributed by atoms with Gasteiger partial charge in [-0.05, 0) is 24.6 Å². The van der Waals surface area contributed by atoms with E-state index in [1.807, 2.05) is 25.1 Å². The van der Waals surface area contributed by atoms with Crippen molar-refractivity contribution in [1.82, 2.24) is 4.98 Å². The molecule has 0 aliphatic rings. The Bertz CT molecular complexity index is 564. The number of aromatic nitrogens is 1. The number of hydrogen-bond acceptors (Lipinski definition) is 2. The number of carbonyl (C=O) groups is 1. The third kappa shape index (κ3) is 2.45. The molecule has 0 radical (unpaired) electrons. The average Bonchev–Trinajstić information content (AvgIpc) is 2.29. The van der Waals surface area contributed by atoms with Gasteiger partial charge in [-0.3, -0.25) is 0 Å². The van der Waals surface area contributed by atoms with E-state index in [9.17, 15) is 4.79 Å². The molecule has 1 N–H and O–H groups in total. The first-order valence-corrected chi connectivity index (χ1v) is 5.41. The predicted molar refractivity (Wildman–Crippen MR) is 66.4 cm³/mol. The molecule has 1 heterocycles. The summed E-state index contributed by atoms with van der Waals surface area (Å²) in [6, 6.07) is 8.88. The average molecular weight is 248 g/mol. The fourth-order valence-electron chi connectivity index (χ4n) is 1.53. The van der Waals surface area contributed by atoms with E-state index in [1.165, 1.54) is 12.3 Å². The lowest BCUT2D eigenvalue weighted by molar-refractivity contribution is 0.0690. The minimum atomic E-state index is -1.04. The van der Waals surface area contributed by atoms with Gasteiger partial charge in [0.2, 0.25) is 0 Å². The van der Waals surface area contributed by atoms with Gasteiger partial charge in [-0.2, -0.15) is 0 Å². The molecule has 3 nitrogen and oxygen atoms in total. The number of aromatic carboxylic acids is 1. The van der Waals surface area contributed by atoms with Crippen LogP contribution in [-0.2, 0) is 0 Å². The Balaban J connectivity index is 2.43. The molecule has 86 valence electrons. The largest absolute Gasteiger partial charge is 0.477 e. The van der Waals surface area contributed by atoms with E-state index in [0.29, 0.717) is 5.02 Å². The number of rotatable bonds is 2. The zero-order valence-electron chi connectivity index (χ0n) is 9.14. The number of halogens is 1. The minimum absolute atomic E-state index is 0.0250. The maximum absolute atomic E-state index is 10.7. The van der Waals surface area contributed by atoms with E-state index in [2.05, 4.69) is 4.98 Å². The first kappa shape index (κ1) is 11.6. The van der Waals surface area contributed by atoms with Crippen LogP contribution in [0.2, 0.25) is 5.02 Å². The van der Waals surface area contributed by atoms with E-state index in [0.717, 1.165) is 16.7 Å². The predicted octanol–water partition coefficient (Wildman–Crippen LogP) is 3.41. The Labute approximate surface area is 104 Å². The first-order chi connectivity index (χ1) is 8.08. The summed E-state index contributed by atoms with van der Waals surface area (Å²) in [4.78, 5) is 14.5. The van der Waals surface area contributed by atoms with Crippen LogP contribution in [0.3, 0.4) is 0 Å².